The minimum atomic E-state index is 0.331. The van der Waals surface area contributed by atoms with Crippen molar-refractivity contribution in [2.45, 2.75) is 39.7 Å². The molecule has 0 spiro atoms. The second-order valence-corrected chi connectivity index (χ2v) is 7.15. The van der Waals surface area contributed by atoms with Crippen molar-refractivity contribution in [3.05, 3.63) is 54.1 Å². The molecule has 1 atom stereocenters. The van der Waals surface area contributed by atoms with Gasteiger partial charge in [0.05, 0.1) is 7.11 Å². The molecule has 0 bridgehead atoms. The van der Waals surface area contributed by atoms with Gasteiger partial charge in [-0.3, -0.25) is 0 Å². The third-order valence-corrected chi connectivity index (χ3v) is 4.58. The van der Waals surface area contributed by atoms with Gasteiger partial charge < -0.3 is 14.8 Å². The van der Waals surface area contributed by atoms with E-state index in [1.54, 1.807) is 7.11 Å². The molecule has 0 saturated heterocycles. The van der Waals surface area contributed by atoms with Crippen LogP contribution in [0.2, 0.25) is 0 Å². The zero-order chi connectivity index (χ0) is 18.8. The van der Waals surface area contributed by atoms with Gasteiger partial charge in [0, 0.05) is 24.8 Å². The van der Waals surface area contributed by atoms with Crippen molar-refractivity contribution in [3.8, 4) is 16.9 Å². The summed E-state index contributed by atoms with van der Waals surface area (Å²) in [5.41, 5.74) is 3.60. The van der Waals surface area contributed by atoms with E-state index in [-0.39, 0.29) is 0 Å². The molecule has 1 N–H and O–H groups in total. The van der Waals surface area contributed by atoms with Crippen LogP contribution in [0.4, 0.5) is 0 Å². The lowest BCUT2D eigenvalue weighted by atomic mass is 10.0. The molecule has 0 aromatic heterocycles. The van der Waals surface area contributed by atoms with Gasteiger partial charge in [0.25, 0.3) is 0 Å². The minimum absolute atomic E-state index is 0.331. The predicted molar refractivity (Wildman–Crippen MR) is 110 cm³/mol. The topological polar surface area (TPSA) is 30.5 Å². The van der Waals surface area contributed by atoms with E-state index in [0.29, 0.717) is 12.0 Å². The maximum atomic E-state index is 5.67. The lowest BCUT2D eigenvalue weighted by Crippen LogP contribution is -2.21. The Morgan fingerprint density at radius 2 is 1.65 bits per heavy atom. The van der Waals surface area contributed by atoms with Gasteiger partial charge in [0.2, 0.25) is 0 Å². The summed E-state index contributed by atoms with van der Waals surface area (Å²) in [6, 6.07) is 17.2. The highest BCUT2D eigenvalue weighted by Gasteiger charge is 2.07. The lowest BCUT2D eigenvalue weighted by Gasteiger charge is -2.15. The molecule has 0 aliphatic heterocycles. The van der Waals surface area contributed by atoms with E-state index in [0.717, 1.165) is 43.9 Å². The van der Waals surface area contributed by atoms with Crippen LogP contribution in [0.1, 0.15) is 45.2 Å². The smallest absolute Gasteiger partial charge is 0.126 e. The summed E-state index contributed by atoms with van der Waals surface area (Å²) in [5.74, 6) is 1.62. The van der Waals surface area contributed by atoms with Crippen LogP contribution in [0.5, 0.6) is 5.75 Å². The quantitative estimate of drug-likeness (QED) is 0.543. The molecule has 2 aromatic rings. The monoisotopic (exact) mass is 355 g/mol. The molecule has 0 amide bonds. The zero-order valence-electron chi connectivity index (χ0n) is 16.6. The van der Waals surface area contributed by atoms with Gasteiger partial charge >= 0.3 is 0 Å². The van der Waals surface area contributed by atoms with Gasteiger partial charge in [-0.1, -0.05) is 56.3 Å². The molecule has 0 radical (unpaired) electrons. The molecule has 0 aliphatic carbocycles. The van der Waals surface area contributed by atoms with Crippen molar-refractivity contribution < 1.29 is 9.47 Å². The first-order valence-electron chi connectivity index (χ1n) is 9.66. The summed E-state index contributed by atoms with van der Waals surface area (Å²) in [6.07, 6.45) is 2.18. The third kappa shape index (κ3) is 6.47. The Kier molecular flexibility index (Phi) is 8.66. The summed E-state index contributed by atoms with van der Waals surface area (Å²) in [6.45, 7) is 9.34. The maximum Gasteiger partial charge on any atom is 0.126 e. The van der Waals surface area contributed by atoms with Crippen molar-refractivity contribution in [1.29, 1.82) is 0 Å². The SMILES string of the molecule is COc1ccccc1-c1ccc(C(C)NCCCOCCC(C)C)cc1. The van der Waals surface area contributed by atoms with E-state index in [9.17, 15) is 0 Å². The van der Waals surface area contributed by atoms with Gasteiger partial charge in [-0.25, -0.2) is 0 Å². The van der Waals surface area contributed by atoms with Gasteiger partial charge in [0.15, 0.2) is 0 Å². The first-order valence-corrected chi connectivity index (χ1v) is 9.66. The third-order valence-electron chi connectivity index (χ3n) is 4.58. The van der Waals surface area contributed by atoms with Crippen LogP contribution in [-0.4, -0.2) is 26.9 Å². The highest BCUT2D eigenvalue weighted by molar-refractivity contribution is 5.70. The number of rotatable bonds is 11. The molecular weight excluding hydrogens is 322 g/mol. The number of nitrogens with one attached hydrogen (secondary N) is 1. The van der Waals surface area contributed by atoms with Crippen LogP contribution in [0.3, 0.4) is 0 Å². The first-order chi connectivity index (χ1) is 12.6. The molecule has 0 aliphatic rings. The average molecular weight is 356 g/mol. The van der Waals surface area contributed by atoms with E-state index < -0.39 is 0 Å². The fraction of sp³-hybridized carbons (Fsp3) is 0.478. The minimum Gasteiger partial charge on any atom is -0.496 e. The van der Waals surface area contributed by atoms with Gasteiger partial charge in [-0.15, -0.1) is 0 Å². The number of ether oxygens (including phenoxy) is 2. The molecule has 3 nitrogen and oxygen atoms in total. The molecule has 2 rings (SSSR count). The van der Waals surface area contributed by atoms with Crippen LogP contribution < -0.4 is 10.1 Å². The first kappa shape index (κ1) is 20.5. The summed E-state index contributed by atoms with van der Waals surface area (Å²) < 4.78 is 11.1. The lowest BCUT2D eigenvalue weighted by molar-refractivity contribution is 0.121. The Bertz CT molecular complexity index is 637. The van der Waals surface area contributed by atoms with Crippen molar-refractivity contribution >= 4 is 0 Å². The average Bonchev–Trinajstić information content (AvgIpc) is 2.67. The Balaban J connectivity index is 1.79. The fourth-order valence-corrected chi connectivity index (χ4v) is 2.87. The van der Waals surface area contributed by atoms with Crippen molar-refractivity contribution in [3.63, 3.8) is 0 Å². The maximum absolute atomic E-state index is 5.67. The van der Waals surface area contributed by atoms with Gasteiger partial charge in [-0.05, 0) is 49.4 Å². The molecule has 0 heterocycles. The zero-order valence-corrected chi connectivity index (χ0v) is 16.6. The number of methoxy groups -OCH3 is 1. The van der Waals surface area contributed by atoms with Crippen LogP contribution in [0.15, 0.2) is 48.5 Å². The molecule has 3 heteroatoms. The Hall–Kier alpha value is -1.84. The summed E-state index contributed by atoms with van der Waals surface area (Å²) in [7, 11) is 1.71. The Morgan fingerprint density at radius 3 is 2.35 bits per heavy atom. The van der Waals surface area contributed by atoms with E-state index in [1.165, 1.54) is 11.1 Å². The summed E-state index contributed by atoms with van der Waals surface area (Å²) in [5, 5.41) is 3.58. The molecule has 0 fully saturated rings. The van der Waals surface area contributed by atoms with E-state index in [4.69, 9.17) is 9.47 Å². The van der Waals surface area contributed by atoms with Gasteiger partial charge in [-0.2, -0.15) is 0 Å². The molecule has 2 aromatic carbocycles. The molecule has 142 valence electrons. The highest BCUT2D eigenvalue weighted by Crippen LogP contribution is 2.30. The van der Waals surface area contributed by atoms with Crippen LogP contribution >= 0.6 is 0 Å². The second-order valence-electron chi connectivity index (χ2n) is 7.15. The molecule has 1 unspecified atom stereocenters. The normalized spacial score (nSPS) is 12.3. The van der Waals surface area contributed by atoms with Crippen LogP contribution in [0.25, 0.3) is 11.1 Å². The molecule has 26 heavy (non-hydrogen) atoms. The van der Waals surface area contributed by atoms with E-state index in [2.05, 4.69) is 56.4 Å². The van der Waals surface area contributed by atoms with Crippen LogP contribution in [-0.2, 0) is 4.74 Å². The summed E-state index contributed by atoms with van der Waals surface area (Å²) in [4.78, 5) is 0. The van der Waals surface area contributed by atoms with Crippen molar-refractivity contribution in [2.24, 2.45) is 5.92 Å². The molecular formula is C23H33NO2. The number of benzene rings is 2. The van der Waals surface area contributed by atoms with E-state index >= 15 is 0 Å². The Labute approximate surface area is 158 Å². The Morgan fingerprint density at radius 1 is 0.923 bits per heavy atom. The van der Waals surface area contributed by atoms with Gasteiger partial charge in [0.1, 0.15) is 5.75 Å². The largest absolute Gasteiger partial charge is 0.496 e. The second kappa shape index (κ2) is 11.0. The number of hydrogen-bond acceptors (Lipinski definition) is 3. The summed E-state index contributed by atoms with van der Waals surface area (Å²) >= 11 is 0. The highest BCUT2D eigenvalue weighted by atomic mass is 16.5. The number of hydrogen-bond donors (Lipinski definition) is 1. The van der Waals surface area contributed by atoms with E-state index in [1.807, 2.05) is 18.2 Å². The number of para-hydroxylation sites is 1. The predicted octanol–water partition coefficient (Wildman–Crippen LogP) is 5.47. The fourth-order valence-electron chi connectivity index (χ4n) is 2.87. The van der Waals surface area contributed by atoms with Crippen molar-refractivity contribution in [2.75, 3.05) is 26.9 Å². The van der Waals surface area contributed by atoms with Crippen molar-refractivity contribution in [1.82, 2.24) is 5.32 Å². The van der Waals surface area contributed by atoms with Crippen LogP contribution in [0, 0.1) is 5.92 Å². The molecule has 0 saturated carbocycles. The standard InChI is InChI=1S/C23H33NO2/c1-18(2)14-17-26-16-7-15-24-19(3)20-10-12-21(13-11-20)22-8-5-6-9-23(22)25-4/h5-6,8-13,18-19,24H,7,14-17H2,1-4H3.